The second kappa shape index (κ2) is 10.1. The van der Waals surface area contributed by atoms with Crippen LogP contribution in [0.15, 0.2) is 48.5 Å². The van der Waals surface area contributed by atoms with Gasteiger partial charge < -0.3 is 15.9 Å². The quantitative estimate of drug-likeness (QED) is 0.242. The molecule has 0 fully saturated rings. The van der Waals surface area contributed by atoms with E-state index in [1.807, 2.05) is 62.5 Å². The van der Waals surface area contributed by atoms with E-state index >= 15 is 0 Å². The topological polar surface area (TPSA) is 114 Å². The Bertz CT molecular complexity index is 1610. The predicted octanol–water partition coefficient (Wildman–Crippen LogP) is 6.47. The summed E-state index contributed by atoms with van der Waals surface area (Å²) >= 11 is 7.65. The number of rotatable bonds is 4. The molecule has 2 heterocycles. The summed E-state index contributed by atoms with van der Waals surface area (Å²) in [5, 5.41) is 24.7. The summed E-state index contributed by atoms with van der Waals surface area (Å²) in [7, 11) is 1.86. The number of thiazole rings is 1. The largest absolute Gasteiger partial charge is 0.481 e. The summed E-state index contributed by atoms with van der Waals surface area (Å²) < 4.78 is 2.71. The Morgan fingerprint density at radius 3 is 2.35 bits per heavy atom. The van der Waals surface area contributed by atoms with Crippen molar-refractivity contribution < 1.29 is 15.0 Å². The lowest BCUT2D eigenvalue weighted by atomic mass is 9.93. The van der Waals surface area contributed by atoms with Gasteiger partial charge in [-0.2, -0.15) is 5.10 Å². The minimum Gasteiger partial charge on any atom is -0.481 e. The van der Waals surface area contributed by atoms with Crippen LogP contribution >= 0.6 is 22.9 Å². The van der Waals surface area contributed by atoms with Crippen molar-refractivity contribution in [3.8, 4) is 21.7 Å². The fraction of sp³-hybridized carbons (Fsp3) is 0.250. The molecule has 0 spiro atoms. The van der Waals surface area contributed by atoms with E-state index in [0.717, 1.165) is 53.9 Å². The number of fused-ring (bicyclic) bond motifs is 2. The highest BCUT2D eigenvalue weighted by Gasteiger charge is 2.20. The molecule has 5 aromatic rings. The van der Waals surface area contributed by atoms with Crippen molar-refractivity contribution in [2.24, 2.45) is 7.05 Å². The molecule has 0 aliphatic heterocycles. The van der Waals surface area contributed by atoms with Gasteiger partial charge in [0.15, 0.2) is 5.82 Å². The van der Waals surface area contributed by atoms with Crippen LogP contribution in [-0.4, -0.2) is 36.5 Å². The molecule has 0 amide bonds. The SMILES string of the molecule is CC(C)(C)O.Cc1cc2nc(-c3ccc4c(N)nn(C)c4c3)sc2c(-c2ccc(Cl)cc2)c1CC(=O)O. The van der Waals surface area contributed by atoms with Gasteiger partial charge in [-0.3, -0.25) is 9.48 Å². The number of nitrogens with zero attached hydrogens (tertiary/aromatic N) is 3. The fourth-order valence-electron chi connectivity index (χ4n) is 4.08. The number of halogens is 1. The molecule has 3 aromatic carbocycles. The molecule has 7 nitrogen and oxygen atoms in total. The third-order valence-corrected chi connectivity index (χ3v) is 6.99. The molecule has 0 aliphatic rings. The van der Waals surface area contributed by atoms with E-state index in [1.54, 1.807) is 36.8 Å². The third kappa shape index (κ3) is 5.93. The van der Waals surface area contributed by atoms with Crippen molar-refractivity contribution in [2.45, 2.75) is 39.7 Å². The molecule has 0 atom stereocenters. The second-order valence-electron chi connectivity index (χ2n) is 9.90. The lowest BCUT2D eigenvalue weighted by molar-refractivity contribution is -0.136. The smallest absolute Gasteiger partial charge is 0.307 e. The van der Waals surface area contributed by atoms with E-state index in [1.165, 1.54) is 0 Å². The average molecular weight is 537 g/mol. The number of aromatic nitrogens is 3. The maximum atomic E-state index is 11.6. The molecule has 0 radical (unpaired) electrons. The van der Waals surface area contributed by atoms with Gasteiger partial charge >= 0.3 is 5.97 Å². The maximum absolute atomic E-state index is 11.6. The first-order chi connectivity index (χ1) is 17.3. The van der Waals surface area contributed by atoms with Gasteiger partial charge in [0.05, 0.1) is 27.8 Å². The van der Waals surface area contributed by atoms with Crippen molar-refractivity contribution in [3.63, 3.8) is 0 Å². The number of nitrogens with two attached hydrogens (primary N) is 1. The molecule has 2 aromatic heterocycles. The first-order valence-electron chi connectivity index (χ1n) is 11.7. The normalized spacial score (nSPS) is 11.5. The number of aliphatic hydroxyl groups is 1. The molecule has 0 aliphatic carbocycles. The van der Waals surface area contributed by atoms with Gasteiger partial charge in [0.1, 0.15) is 5.01 Å². The summed E-state index contributed by atoms with van der Waals surface area (Å²) in [5.74, 6) is -0.371. The van der Waals surface area contributed by atoms with Crippen LogP contribution in [0.3, 0.4) is 0 Å². The molecular formula is C28H29ClN4O3S. The Balaban J connectivity index is 0.000000586. The second-order valence-corrected chi connectivity index (χ2v) is 11.3. The van der Waals surface area contributed by atoms with Crippen LogP contribution in [0.1, 0.15) is 31.9 Å². The van der Waals surface area contributed by atoms with E-state index in [0.29, 0.717) is 10.8 Å². The van der Waals surface area contributed by atoms with E-state index < -0.39 is 11.6 Å². The molecule has 37 heavy (non-hydrogen) atoms. The Morgan fingerprint density at radius 1 is 1.11 bits per heavy atom. The standard InChI is InChI=1S/C24H19ClN4O2S.C4H10O/c1-12-9-18-22(21(17(12)11-20(30)31)13-3-6-15(25)7-4-13)32-24(27-18)14-5-8-16-19(10-14)29(2)28-23(16)26;1-4(2,3)5/h3-10H,11H2,1-2H3,(H2,26,28)(H,30,31);5H,1-3H3. The summed E-state index contributed by atoms with van der Waals surface area (Å²) in [6, 6.07) is 15.4. The highest BCUT2D eigenvalue weighted by atomic mass is 35.5. The van der Waals surface area contributed by atoms with Crippen molar-refractivity contribution in [1.82, 2.24) is 14.8 Å². The molecule has 192 valence electrons. The van der Waals surface area contributed by atoms with Crippen molar-refractivity contribution >= 4 is 55.8 Å². The number of carbonyl (C=O) groups is 1. The summed E-state index contributed by atoms with van der Waals surface area (Å²) in [5.41, 5.74) is 11.7. The van der Waals surface area contributed by atoms with Gasteiger partial charge in [-0.1, -0.05) is 29.8 Å². The van der Waals surface area contributed by atoms with Crippen LogP contribution in [0.4, 0.5) is 5.82 Å². The van der Waals surface area contributed by atoms with Crippen LogP contribution in [0.2, 0.25) is 5.02 Å². The van der Waals surface area contributed by atoms with E-state index in [-0.39, 0.29) is 6.42 Å². The predicted molar refractivity (Wildman–Crippen MR) is 152 cm³/mol. The number of hydrogen-bond donors (Lipinski definition) is 3. The Morgan fingerprint density at radius 2 is 1.73 bits per heavy atom. The monoisotopic (exact) mass is 536 g/mol. The number of anilines is 1. The Kier molecular flexibility index (Phi) is 7.28. The van der Waals surface area contributed by atoms with Crippen molar-refractivity contribution in [1.29, 1.82) is 0 Å². The zero-order chi connectivity index (χ0) is 27.1. The molecule has 0 saturated heterocycles. The first kappa shape index (κ1) is 26.6. The van der Waals surface area contributed by atoms with Gasteiger partial charge in [0.25, 0.3) is 0 Å². The number of nitrogen functional groups attached to an aromatic ring is 1. The van der Waals surface area contributed by atoms with Gasteiger partial charge in [0.2, 0.25) is 0 Å². The molecular weight excluding hydrogens is 508 g/mol. The lowest BCUT2D eigenvalue weighted by Gasteiger charge is -2.13. The summed E-state index contributed by atoms with van der Waals surface area (Å²) in [6.45, 7) is 7.16. The molecule has 9 heteroatoms. The van der Waals surface area contributed by atoms with Crippen LogP contribution in [0.5, 0.6) is 0 Å². The first-order valence-corrected chi connectivity index (χ1v) is 12.9. The Labute approximate surface area is 224 Å². The maximum Gasteiger partial charge on any atom is 0.307 e. The van der Waals surface area contributed by atoms with Crippen LogP contribution in [-0.2, 0) is 18.3 Å². The third-order valence-electron chi connectivity index (χ3n) is 5.60. The lowest BCUT2D eigenvalue weighted by Crippen LogP contribution is -2.10. The van der Waals surface area contributed by atoms with E-state index in [2.05, 4.69) is 5.10 Å². The summed E-state index contributed by atoms with van der Waals surface area (Å²) in [4.78, 5) is 16.5. The molecule has 0 bridgehead atoms. The van der Waals surface area contributed by atoms with Crippen molar-refractivity contribution in [3.05, 3.63) is 64.7 Å². The zero-order valence-corrected chi connectivity index (χ0v) is 22.9. The van der Waals surface area contributed by atoms with Crippen LogP contribution < -0.4 is 5.73 Å². The number of carboxylic acids is 1. The molecule has 5 rings (SSSR count). The number of aliphatic carboxylic acids is 1. The molecule has 4 N–H and O–H groups in total. The number of aryl methyl sites for hydroxylation is 2. The zero-order valence-electron chi connectivity index (χ0n) is 21.3. The molecule has 0 saturated carbocycles. The van der Waals surface area contributed by atoms with Gasteiger partial charge in [-0.05, 0) is 74.7 Å². The van der Waals surface area contributed by atoms with Gasteiger partial charge in [-0.25, -0.2) is 4.98 Å². The van der Waals surface area contributed by atoms with Gasteiger partial charge in [0, 0.05) is 28.6 Å². The van der Waals surface area contributed by atoms with Crippen LogP contribution in [0, 0.1) is 6.92 Å². The average Bonchev–Trinajstić information content (AvgIpc) is 3.34. The summed E-state index contributed by atoms with van der Waals surface area (Å²) in [6.07, 6.45) is -0.0623. The Hall–Kier alpha value is -3.46. The number of benzene rings is 3. The highest BCUT2D eigenvalue weighted by Crippen LogP contribution is 2.41. The molecule has 0 unspecified atom stereocenters. The van der Waals surface area contributed by atoms with E-state index in [4.69, 9.17) is 27.4 Å². The number of hydrogen-bond acceptors (Lipinski definition) is 6. The van der Waals surface area contributed by atoms with Gasteiger partial charge in [-0.15, -0.1) is 11.3 Å². The van der Waals surface area contributed by atoms with Crippen molar-refractivity contribution in [2.75, 3.05) is 5.73 Å². The minimum absolute atomic E-state index is 0.0623. The fourth-order valence-corrected chi connectivity index (χ4v) is 5.34. The highest BCUT2D eigenvalue weighted by molar-refractivity contribution is 7.22. The van der Waals surface area contributed by atoms with E-state index in [9.17, 15) is 9.90 Å². The van der Waals surface area contributed by atoms with Crippen LogP contribution in [0.25, 0.3) is 42.8 Å². The number of carboxylic acid groups (broad SMARTS) is 1. The minimum atomic E-state index is -0.869.